The molecule has 1 amide bonds. The van der Waals surface area contributed by atoms with Gasteiger partial charge in [0.05, 0.1) is 0 Å². The quantitative estimate of drug-likeness (QED) is 0.695. The Kier molecular flexibility index (Phi) is 3.85. The largest absolute Gasteiger partial charge is 0.305 e. The fourth-order valence-electron chi connectivity index (χ4n) is 3.00. The molecule has 104 valence electrons. The van der Waals surface area contributed by atoms with Gasteiger partial charge in [0.25, 0.3) is 0 Å². The van der Waals surface area contributed by atoms with E-state index >= 15 is 0 Å². The molecule has 1 heterocycles. The van der Waals surface area contributed by atoms with E-state index in [1.165, 1.54) is 0 Å². The first-order valence-corrected chi connectivity index (χ1v) is 7.33. The van der Waals surface area contributed by atoms with Crippen molar-refractivity contribution in [1.82, 2.24) is 0 Å². The van der Waals surface area contributed by atoms with Crippen LogP contribution in [0.3, 0.4) is 0 Å². The minimum Gasteiger partial charge on any atom is -0.305 e. The van der Waals surface area contributed by atoms with E-state index in [-0.39, 0.29) is 11.4 Å². The zero-order valence-corrected chi connectivity index (χ0v) is 13.2. The zero-order valence-electron chi connectivity index (χ0n) is 11.7. The smallest absolute Gasteiger partial charge is 0.245 e. The van der Waals surface area contributed by atoms with E-state index in [0.717, 1.165) is 17.7 Å². The van der Waals surface area contributed by atoms with E-state index in [2.05, 4.69) is 20.8 Å². The van der Waals surface area contributed by atoms with Crippen molar-refractivity contribution < 1.29 is 4.79 Å². The van der Waals surface area contributed by atoms with Crippen molar-refractivity contribution in [3.63, 3.8) is 0 Å². The molecule has 0 spiro atoms. The normalized spacial score (nSPS) is 22.8. The Morgan fingerprint density at radius 2 is 2.11 bits per heavy atom. The van der Waals surface area contributed by atoms with Gasteiger partial charge in [-0.05, 0) is 56.9 Å². The number of fused-ring (bicyclic) bond motifs is 1. The summed E-state index contributed by atoms with van der Waals surface area (Å²) in [6.07, 6.45) is 0.899. The Morgan fingerprint density at radius 1 is 1.47 bits per heavy atom. The standard InChI is InChI=1S/C15H19Cl2NO/c1-9-8-15(3,4)18(14(19)10(2)16)13-6-5-11(17)7-12(9)13/h5-7,9-10H,8H2,1-4H3/t9-,10+/m1/s1. The number of amides is 1. The third-order valence-corrected chi connectivity index (χ3v) is 4.15. The molecule has 0 saturated carbocycles. The van der Waals surface area contributed by atoms with Gasteiger partial charge in [-0.15, -0.1) is 11.6 Å². The lowest BCUT2D eigenvalue weighted by atomic mass is 9.80. The van der Waals surface area contributed by atoms with E-state index in [1.807, 2.05) is 23.1 Å². The van der Waals surface area contributed by atoms with Crippen LogP contribution >= 0.6 is 23.2 Å². The summed E-state index contributed by atoms with van der Waals surface area (Å²) in [5, 5.41) is 0.174. The summed E-state index contributed by atoms with van der Waals surface area (Å²) in [4.78, 5) is 14.3. The Morgan fingerprint density at radius 3 is 2.68 bits per heavy atom. The van der Waals surface area contributed by atoms with Crippen molar-refractivity contribution in [1.29, 1.82) is 0 Å². The van der Waals surface area contributed by atoms with Gasteiger partial charge >= 0.3 is 0 Å². The summed E-state index contributed by atoms with van der Waals surface area (Å²) in [7, 11) is 0. The Balaban J connectivity index is 2.58. The van der Waals surface area contributed by atoms with Gasteiger partial charge in [0.15, 0.2) is 0 Å². The number of halogens is 2. The molecule has 0 unspecified atom stereocenters. The fraction of sp³-hybridized carbons (Fsp3) is 0.533. The predicted molar refractivity (Wildman–Crippen MR) is 81.4 cm³/mol. The number of anilines is 1. The third kappa shape index (κ3) is 2.61. The summed E-state index contributed by atoms with van der Waals surface area (Å²) in [5.41, 5.74) is 1.82. The van der Waals surface area contributed by atoms with Gasteiger partial charge in [-0.2, -0.15) is 0 Å². The van der Waals surface area contributed by atoms with Crippen LogP contribution in [0.25, 0.3) is 0 Å². The molecule has 19 heavy (non-hydrogen) atoms. The first kappa shape index (κ1) is 14.7. The molecule has 2 nitrogen and oxygen atoms in total. The van der Waals surface area contributed by atoms with Gasteiger partial charge in [-0.25, -0.2) is 0 Å². The van der Waals surface area contributed by atoms with Gasteiger partial charge < -0.3 is 4.90 Å². The number of carbonyl (C=O) groups excluding carboxylic acids is 1. The Hall–Kier alpha value is -0.730. The monoisotopic (exact) mass is 299 g/mol. The lowest BCUT2D eigenvalue weighted by Gasteiger charge is -2.46. The number of nitrogens with zero attached hydrogens (tertiary/aromatic N) is 1. The molecule has 2 rings (SSSR count). The van der Waals surface area contributed by atoms with Crippen molar-refractivity contribution in [3.8, 4) is 0 Å². The number of rotatable bonds is 1. The SMILES string of the molecule is C[C@H](Cl)C(=O)N1c2ccc(Cl)cc2[C@H](C)CC1(C)C. The number of carbonyl (C=O) groups is 1. The van der Waals surface area contributed by atoms with Crippen molar-refractivity contribution in [2.75, 3.05) is 4.90 Å². The van der Waals surface area contributed by atoms with Crippen LogP contribution in [0, 0.1) is 0 Å². The van der Waals surface area contributed by atoms with Gasteiger partial charge in [0.1, 0.15) is 5.38 Å². The van der Waals surface area contributed by atoms with E-state index < -0.39 is 5.38 Å². The van der Waals surface area contributed by atoms with Crippen LogP contribution in [-0.2, 0) is 4.79 Å². The number of alkyl halides is 1. The molecule has 0 aromatic heterocycles. The second-order valence-corrected chi connectivity index (χ2v) is 7.00. The maximum Gasteiger partial charge on any atom is 0.245 e. The summed E-state index contributed by atoms with van der Waals surface area (Å²) >= 11 is 12.1. The van der Waals surface area contributed by atoms with Crippen molar-refractivity contribution >= 4 is 34.8 Å². The third-order valence-electron chi connectivity index (χ3n) is 3.73. The zero-order chi connectivity index (χ0) is 14.4. The van der Waals surface area contributed by atoms with Gasteiger partial charge in [-0.3, -0.25) is 4.79 Å². The second kappa shape index (κ2) is 4.99. The molecule has 0 fully saturated rings. The fourth-order valence-corrected chi connectivity index (χ4v) is 3.27. The summed E-state index contributed by atoms with van der Waals surface area (Å²) in [6, 6.07) is 5.70. The molecular formula is C15H19Cl2NO. The molecular weight excluding hydrogens is 281 g/mol. The lowest BCUT2D eigenvalue weighted by molar-refractivity contribution is -0.119. The lowest BCUT2D eigenvalue weighted by Crippen LogP contribution is -2.53. The molecule has 1 aliphatic rings. The average Bonchev–Trinajstić information content (AvgIpc) is 2.28. The molecule has 0 radical (unpaired) electrons. The maximum atomic E-state index is 12.4. The molecule has 4 heteroatoms. The van der Waals surface area contributed by atoms with Crippen LogP contribution in [0.5, 0.6) is 0 Å². The van der Waals surface area contributed by atoms with Gasteiger partial charge in [0, 0.05) is 16.2 Å². The molecule has 2 atom stereocenters. The first-order chi connectivity index (χ1) is 8.74. The highest BCUT2D eigenvalue weighted by Crippen LogP contribution is 2.44. The van der Waals surface area contributed by atoms with Gasteiger partial charge in [-0.1, -0.05) is 18.5 Å². The maximum absolute atomic E-state index is 12.4. The molecule has 0 aliphatic carbocycles. The van der Waals surface area contributed by atoms with Crippen LogP contribution in [0.15, 0.2) is 18.2 Å². The molecule has 1 aromatic rings. The van der Waals surface area contributed by atoms with Crippen LogP contribution in [0.2, 0.25) is 5.02 Å². The second-order valence-electron chi connectivity index (χ2n) is 5.91. The van der Waals surface area contributed by atoms with Crippen molar-refractivity contribution in [2.24, 2.45) is 0 Å². The molecule has 1 aliphatic heterocycles. The van der Waals surface area contributed by atoms with E-state index in [4.69, 9.17) is 23.2 Å². The highest BCUT2D eigenvalue weighted by molar-refractivity contribution is 6.33. The molecule has 0 N–H and O–H groups in total. The van der Waals surface area contributed by atoms with E-state index in [9.17, 15) is 4.79 Å². The van der Waals surface area contributed by atoms with Crippen LogP contribution in [0.1, 0.15) is 45.6 Å². The van der Waals surface area contributed by atoms with E-state index in [1.54, 1.807) is 6.92 Å². The summed E-state index contributed by atoms with van der Waals surface area (Å²) in [5.74, 6) is 0.320. The molecule has 0 saturated heterocycles. The van der Waals surface area contributed by atoms with Crippen LogP contribution < -0.4 is 4.90 Å². The van der Waals surface area contributed by atoms with Crippen LogP contribution in [-0.4, -0.2) is 16.8 Å². The van der Waals surface area contributed by atoms with E-state index in [0.29, 0.717) is 10.9 Å². The molecule has 0 bridgehead atoms. The summed E-state index contributed by atoms with van der Waals surface area (Å²) < 4.78 is 0. The summed E-state index contributed by atoms with van der Waals surface area (Å²) in [6.45, 7) is 8.05. The van der Waals surface area contributed by atoms with Crippen LogP contribution in [0.4, 0.5) is 5.69 Å². The molecule has 1 aromatic carbocycles. The van der Waals surface area contributed by atoms with Crippen molar-refractivity contribution in [3.05, 3.63) is 28.8 Å². The Bertz CT molecular complexity index is 511. The minimum absolute atomic E-state index is 0.0536. The first-order valence-electron chi connectivity index (χ1n) is 6.51. The highest BCUT2D eigenvalue weighted by Gasteiger charge is 2.40. The topological polar surface area (TPSA) is 20.3 Å². The van der Waals surface area contributed by atoms with Crippen molar-refractivity contribution in [2.45, 2.75) is 50.9 Å². The Labute approximate surface area is 124 Å². The van der Waals surface area contributed by atoms with Gasteiger partial charge in [0.2, 0.25) is 5.91 Å². The number of benzene rings is 1. The predicted octanol–water partition coefficient (Wildman–Crippen LogP) is 4.59. The highest BCUT2D eigenvalue weighted by atomic mass is 35.5. The number of hydrogen-bond donors (Lipinski definition) is 0. The number of hydrogen-bond acceptors (Lipinski definition) is 1. The average molecular weight is 300 g/mol. The minimum atomic E-state index is -0.531.